The molecule has 2 aromatic rings. The van der Waals surface area contributed by atoms with Crippen molar-refractivity contribution in [3.63, 3.8) is 0 Å². The fourth-order valence-electron chi connectivity index (χ4n) is 1.74. The molecule has 1 amide bonds. The third-order valence-electron chi connectivity index (χ3n) is 2.88. The first-order chi connectivity index (χ1) is 9.60. The molecule has 0 bridgehead atoms. The molecule has 0 fully saturated rings. The van der Waals surface area contributed by atoms with Crippen molar-refractivity contribution < 1.29 is 4.79 Å². The average molecular weight is 354 g/mol. The van der Waals surface area contributed by atoms with Crippen molar-refractivity contribution in [1.82, 2.24) is 5.32 Å². The number of nitrogens with two attached hydrogens (primary N) is 1. The number of nitrogens with one attached hydrogen (secondary N) is 1. The fourth-order valence-corrected chi connectivity index (χ4v) is 2.31. The molecule has 5 heteroatoms. The molecule has 0 radical (unpaired) electrons. The molecule has 104 valence electrons. The Labute approximate surface area is 131 Å². The maximum Gasteiger partial charge on any atom is 0.253 e. The van der Waals surface area contributed by atoms with Crippen LogP contribution in [0.4, 0.5) is 0 Å². The van der Waals surface area contributed by atoms with E-state index in [1.54, 1.807) is 18.2 Å². The minimum Gasteiger partial charge on any atom is -0.348 e. The van der Waals surface area contributed by atoms with Gasteiger partial charge in [0.1, 0.15) is 0 Å². The number of carbonyl (C=O) groups excluding carboxylic acids is 1. The van der Waals surface area contributed by atoms with Gasteiger partial charge >= 0.3 is 0 Å². The molecule has 0 aliphatic heterocycles. The van der Waals surface area contributed by atoms with Crippen molar-refractivity contribution in [2.45, 2.75) is 13.1 Å². The predicted octanol–water partition coefficient (Wildman–Crippen LogP) is 3.49. The van der Waals surface area contributed by atoms with E-state index in [9.17, 15) is 4.79 Å². The number of hydrogen-bond acceptors (Lipinski definition) is 2. The van der Waals surface area contributed by atoms with Crippen LogP contribution in [-0.2, 0) is 13.1 Å². The molecular weight excluding hydrogens is 340 g/mol. The van der Waals surface area contributed by atoms with Crippen molar-refractivity contribution in [3.8, 4) is 0 Å². The van der Waals surface area contributed by atoms with Gasteiger partial charge in [-0.05, 0) is 29.3 Å². The van der Waals surface area contributed by atoms with E-state index >= 15 is 0 Å². The first kappa shape index (κ1) is 15.0. The summed E-state index contributed by atoms with van der Waals surface area (Å²) in [5.41, 5.74) is 8.08. The van der Waals surface area contributed by atoms with E-state index in [0.717, 1.165) is 15.6 Å². The summed E-state index contributed by atoms with van der Waals surface area (Å²) in [6, 6.07) is 13.0. The number of amides is 1. The van der Waals surface area contributed by atoms with Gasteiger partial charge < -0.3 is 11.1 Å². The summed E-state index contributed by atoms with van der Waals surface area (Å²) in [6.45, 7) is 0.965. The molecule has 0 aliphatic carbocycles. The normalized spacial score (nSPS) is 10.3. The van der Waals surface area contributed by atoms with Crippen molar-refractivity contribution in [2.24, 2.45) is 5.73 Å². The molecular formula is C15H14BrClN2O. The van der Waals surface area contributed by atoms with Gasteiger partial charge in [0.15, 0.2) is 0 Å². The van der Waals surface area contributed by atoms with Gasteiger partial charge in [-0.25, -0.2) is 0 Å². The van der Waals surface area contributed by atoms with Crippen LogP contribution in [0.25, 0.3) is 0 Å². The van der Waals surface area contributed by atoms with Gasteiger partial charge in [0.2, 0.25) is 0 Å². The van der Waals surface area contributed by atoms with Crippen LogP contribution in [0.2, 0.25) is 5.02 Å². The Bertz CT molecular complexity index is 614. The Morgan fingerprint density at radius 1 is 1.15 bits per heavy atom. The van der Waals surface area contributed by atoms with Crippen LogP contribution in [-0.4, -0.2) is 5.91 Å². The topological polar surface area (TPSA) is 55.1 Å². The quantitative estimate of drug-likeness (QED) is 0.884. The minimum atomic E-state index is -0.195. The summed E-state index contributed by atoms with van der Waals surface area (Å²) < 4.78 is 0.819. The molecule has 0 spiro atoms. The van der Waals surface area contributed by atoms with Gasteiger partial charge in [-0.2, -0.15) is 0 Å². The molecule has 0 unspecified atom stereocenters. The molecule has 2 rings (SSSR count). The summed E-state index contributed by atoms with van der Waals surface area (Å²) in [4.78, 5) is 12.1. The number of halogens is 2. The Morgan fingerprint density at radius 2 is 1.80 bits per heavy atom. The maximum absolute atomic E-state index is 12.1. The number of hydrogen-bond donors (Lipinski definition) is 2. The SMILES string of the molecule is NCc1ccc(CNC(=O)c2cc(Br)ccc2Cl)cc1. The lowest BCUT2D eigenvalue weighted by Crippen LogP contribution is -2.23. The van der Waals surface area contributed by atoms with E-state index in [4.69, 9.17) is 17.3 Å². The zero-order chi connectivity index (χ0) is 14.5. The van der Waals surface area contributed by atoms with Crippen LogP contribution >= 0.6 is 27.5 Å². The Morgan fingerprint density at radius 3 is 2.45 bits per heavy atom. The van der Waals surface area contributed by atoms with Gasteiger partial charge in [-0.1, -0.05) is 51.8 Å². The monoisotopic (exact) mass is 352 g/mol. The third-order valence-corrected chi connectivity index (χ3v) is 3.71. The van der Waals surface area contributed by atoms with E-state index in [1.807, 2.05) is 24.3 Å². The van der Waals surface area contributed by atoms with Gasteiger partial charge in [0.25, 0.3) is 5.91 Å². The smallest absolute Gasteiger partial charge is 0.253 e. The molecule has 3 N–H and O–H groups in total. The highest BCUT2D eigenvalue weighted by Gasteiger charge is 2.10. The summed E-state index contributed by atoms with van der Waals surface area (Å²) in [7, 11) is 0. The molecule has 0 heterocycles. The highest BCUT2D eigenvalue weighted by Crippen LogP contribution is 2.20. The van der Waals surface area contributed by atoms with Crippen molar-refractivity contribution in [1.29, 1.82) is 0 Å². The van der Waals surface area contributed by atoms with Crippen LogP contribution < -0.4 is 11.1 Å². The van der Waals surface area contributed by atoms with Crippen LogP contribution in [0.15, 0.2) is 46.9 Å². The zero-order valence-corrected chi connectivity index (χ0v) is 13.0. The van der Waals surface area contributed by atoms with Gasteiger partial charge in [0, 0.05) is 17.6 Å². The van der Waals surface area contributed by atoms with E-state index in [1.165, 1.54) is 0 Å². The van der Waals surface area contributed by atoms with Crippen LogP contribution in [0, 0.1) is 0 Å². The third kappa shape index (κ3) is 3.82. The summed E-state index contributed by atoms with van der Waals surface area (Å²) in [5.74, 6) is -0.195. The Balaban J connectivity index is 2.02. The number of rotatable bonds is 4. The summed E-state index contributed by atoms with van der Waals surface area (Å²) >= 11 is 9.34. The van der Waals surface area contributed by atoms with Crippen LogP contribution in [0.5, 0.6) is 0 Å². The fraction of sp³-hybridized carbons (Fsp3) is 0.133. The second kappa shape index (κ2) is 6.88. The molecule has 2 aromatic carbocycles. The lowest BCUT2D eigenvalue weighted by atomic mass is 10.1. The highest BCUT2D eigenvalue weighted by atomic mass is 79.9. The van der Waals surface area contributed by atoms with Crippen LogP contribution in [0.3, 0.4) is 0 Å². The molecule has 3 nitrogen and oxygen atoms in total. The van der Waals surface area contributed by atoms with Crippen molar-refractivity contribution >= 4 is 33.4 Å². The van der Waals surface area contributed by atoms with E-state index < -0.39 is 0 Å². The molecule has 0 atom stereocenters. The Hall–Kier alpha value is -1.36. The van der Waals surface area contributed by atoms with Crippen LogP contribution in [0.1, 0.15) is 21.5 Å². The Kier molecular flexibility index (Phi) is 5.17. The molecule has 0 saturated heterocycles. The second-order valence-electron chi connectivity index (χ2n) is 4.33. The first-order valence-electron chi connectivity index (χ1n) is 6.11. The predicted molar refractivity (Wildman–Crippen MR) is 84.7 cm³/mol. The summed E-state index contributed by atoms with van der Waals surface area (Å²) in [5, 5.41) is 3.28. The van der Waals surface area contributed by atoms with E-state index in [2.05, 4.69) is 21.2 Å². The molecule has 0 aromatic heterocycles. The van der Waals surface area contributed by atoms with E-state index in [-0.39, 0.29) is 5.91 Å². The maximum atomic E-state index is 12.1. The highest BCUT2D eigenvalue weighted by molar-refractivity contribution is 9.10. The lowest BCUT2D eigenvalue weighted by Gasteiger charge is -2.08. The second-order valence-corrected chi connectivity index (χ2v) is 5.65. The number of carbonyl (C=O) groups is 1. The van der Waals surface area contributed by atoms with Crippen molar-refractivity contribution in [3.05, 3.63) is 68.7 Å². The summed E-state index contributed by atoms with van der Waals surface area (Å²) in [6.07, 6.45) is 0. The first-order valence-corrected chi connectivity index (χ1v) is 7.28. The molecule has 20 heavy (non-hydrogen) atoms. The minimum absolute atomic E-state index is 0.195. The van der Waals surface area contributed by atoms with Gasteiger partial charge in [-0.15, -0.1) is 0 Å². The van der Waals surface area contributed by atoms with Gasteiger partial charge in [0.05, 0.1) is 10.6 Å². The van der Waals surface area contributed by atoms with Crippen molar-refractivity contribution in [2.75, 3.05) is 0 Å². The lowest BCUT2D eigenvalue weighted by molar-refractivity contribution is 0.0951. The average Bonchev–Trinajstić information content (AvgIpc) is 2.47. The number of benzene rings is 2. The molecule has 0 aliphatic rings. The zero-order valence-electron chi connectivity index (χ0n) is 10.7. The standard InChI is InChI=1S/C15H14BrClN2O/c16-12-5-6-14(17)13(7-12)15(20)19-9-11-3-1-10(8-18)2-4-11/h1-7H,8-9,18H2,(H,19,20). The van der Waals surface area contributed by atoms with Gasteiger partial charge in [-0.3, -0.25) is 4.79 Å². The molecule has 0 saturated carbocycles. The van der Waals surface area contributed by atoms with E-state index in [0.29, 0.717) is 23.7 Å². The largest absolute Gasteiger partial charge is 0.348 e.